The molecule has 0 saturated carbocycles. The summed E-state index contributed by atoms with van der Waals surface area (Å²) in [6.07, 6.45) is 4.09. The molecule has 6 heteroatoms. The highest BCUT2D eigenvalue weighted by atomic mass is 32.1. The fourth-order valence-corrected chi connectivity index (χ4v) is 3.78. The van der Waals surface area contributed by atoms with E-state index in [-0.39, 0.29) is 5.91 Å². The van der Waals surface area contributed by atoms with Crippen molar-refractivity contribution in [1.29, 1.82) is 0 Å². The summed E-state index contributed by atoms with van der Waals surface area (Å²) < 4.78 is 1.09. The molecule has 116 valence electrons. The van der Waals surface area contributed by atoms with Crippen molar-refractivity contribution < 1.29 is 4.79 Å². The number of rotatable bonds is 3. The molecule has 0 atom stereocenters. The maximum Gasteiger partial charge on any atom is 0.274 e. The molecule has 1 aliphatic rings. The highest BCUT2D eigenvalue weighted by molar-refractivity contribution is 7.22. The van der Waals surface area contributed by atoms with E-state index in [4.69, 9.17) is 4.98 Å². The average molecular weight is 324 g/mol. The number of nitrogens with one attached hydrogen (secondary N) is 1. The van der Waals surface area contributed by atoms with Crippen molar-refractivity contribution >= 4 is 38.3 Å². The first kappa shape index (κ1) is 14.1. The van der Waals surface area contributed by atoms with Crippen molar-refractivity contribution in [1.82, 2.24) is 9.97 Å². The second kappa shape index (κ2) is 5.96. The molecule has 1 N–H and O–H groups in total. The predicted molar refractivity (Wildman–Crippen MR) is 93.3 cm³/mol. The van der Waals surface area contributed by atoms with Gasteiger partial charge in [-0.25, -0.2) is 4.98 Å². The lowest BCUT2D eigenvalue weighted by Gasteiger charge is -2.11. The molecule has 0 radical (unpaired) electrons. The minimum atomic E-state index is -0.200. The number of fused-ring (bicyclic) bond motifs is 1. The normalized spacial score (nSPS) is 14.3. The smallest absolute Gasteiger partial charge is 0.274 e. The van der Waals surface area contributed by atoms with E-state index in [1.807, 2.05) is 18.2 Å². The van der Waals surface area contributed by atoms with Crippen LogP contribution in [0.25, 0.3) is 10.2 Å². The van der Waals surface area contributed by atoms with E-state index < -0.39 is 0 Å². The minimum Gasteiger partial charge on any atom is -0.348 e. The van der Waals surface area contributed by atoms with Gasteiger partial charge in [0, 0.05) is 25.0 Å². The molecule has 0 unspecified atom stereocenters. The van der Waals surface area contributed by atoms with Gasteiger partial charge in [-0.15, -0.1) is 0 Å². The Labute approximate surface area is 138 Å². The third-order valence-corrected chi connectivity index (χ3v) is 4.99. The first-order valence-electron chi connectivity index (χ1n) is 7.67. The van der Waals surface area contributed by atoms with Crippen molar-refractivity contribution in [2.24, 2.45) is 0 Å². The Bertz CT molecular complexity index is 840. The average Bonchev–Trinajstić information content (AvgIpc) is 3.24. The van der Waals surface area contributed by atoms with Gasteiger partial charge in [0.25, 0.3) is 5.91 Å². The molecule has 3 heterocycles. The zero-order valence-electron chi connectivity index (χ0n) is 12.5. The summed E-state index contributed by atoms with van der Waals surface area (Å²) in [4.78, 5) is 23.3. The van der Waals surface area contributed by atoms with Crippen LogP contribution >= 0.6 is 11.3 Å². The van der Waals surface area contributed by atoms with E-state index in [0.717, 1.165) is 34.1 Å². The zero-order chi connectivity index (χ0) is 15.6. The molecule has 1 aliphatic heterocycles. The monoisotopic (exact) mass is 324 g/mol. The van der Waals surface area contributed by atoms with Gasteiger partial charge in [-0.1, -0.05) is 17.4 Å². The number of thiazole rings is 1. The lowest BCUT2D eigenvalue weighted by Crippen LogP contribution is -2.16. The Hall–Kier alpha value is -2.47. The van der Waals surface area contributed by atoms with Gasteiger partial charge < -0.3 is 10.2 Å². The van der Waals surface area contributed by atoms with Crippen molar-refractivity contribution in [2.45, 2.75) is 12.8 Å². The number of benzene rings is 1. The van der Waals surface area contributed by atoms with Crippen LogP contribution in [-0.4, -0.2) is 29.0 Å². The van der Waals surface area contributed by atoms with Crippen molar-refractivity contribution in [3.8, 4) is 0 Å². The van der Waals surface area contributed by atoms with Gasteiger partial charge in [0.2, 0.25) is 0 Å². The molecule has 0 spiro atoms. The third-order valence-electron chi connectivity index (χ3n) is 3.91. The van der Waals surface area contributed by atoms with Crippen LogP contribution in [0.1, 0.15) is 23.3 Å². The van der Waals surface area contributed by atoms with Gasteiger partial charge in [0.05, 0.1) is 10.2 Å². The summed E-state index contributed by atoms with van der Waals surface area (Å²) in [6, 6.07) is 11.1. The van der Waals surface area contributed by atoms with E-state index in [9.17, 15) is 4.79 Å². The highest BCUT2D eigenvalue weighted by Crippen LogP contribution is 2.32. The van der Waals surface area contributed by atoms with Crippen LogP contribution in [0.15, 0.2) is 42.6 Å². The van der Waals surface area contributed by atoms with E-state index >= 15 is 0 Å². The fraction of sp³-hybridized carbons (Fsp3) is 0.235. The predicted octanol–water partition coefficient (Wildman–Crippen LogP) is 3.54. The number of aromatic nitrogens is 2. The number of hydrogen-bond acceptors (Lipinski definition) is 5. The Morgan fingerprint density at radius 1 is 1.17 bits per heavy atom. The maximum absolute atomic E-state index is 12.2. The topological polar surface area (TPSA) is 58.1 Å². The zero-order valence-corrected chi connectivity index (χ0v) is 13.3. The van der Waals surface area contributed by atoms with Gasteiger partial charge in [-0.2, -0.15) is 0 Å². The maximum atomic E-state index is 12.2. The lowest BCUT2D eigenvalue weighted by atomic mass is 10.2. The number of carbonyl (C=O) groups is 1. The Morgan fingerprint density at radius 3 is 2.83 bits per heavy atom. The van der Waals surface area contributed by atoms with Gasteiger partial charge >= 0.3 is 0 Å². The standard InChI is InChI=1S/C17H16N4OS/c22-16(14-5-1-2-8-18-14)19-12-6-7-13-15(11-12)23-17(20-13)21-9-3-4-10-21/h1-2,5-8,11H,3-4,9-10H2,(H,19,22). The first-order chi connectivity index (χ1) is 11.3. The second-order valence-corrected chi connectivity index (χ2v) is 6.55. The number of nitrogens with zero attached hydrogens (tertiary/aromatic N) is 3. The summed E-state index contributed by atoms with van der Waals surface area (Å²) in [5, 5.41) is 3.97. The van der Waals surface area contributed by atoms with Crippen LogP contribution in [0.4, 0.5) is 10.8 Å². The first-order valence-corrected chi connectivity index (χ1v) is 8.49. The molecule has 23 heavy (non-hydrogen) atoms. The van der Waals surface area contributed by atoms with Crippen LogP contribution in [-0.2, 0) is 0 Å². The molecular formula is C17H16N4OS. The second-order valence-electron chi connectivity index (χ2n) is 5.54. The molecule has 4 rings (SSSR count). The number of carbonyl (C=O) groups excluding carboxylic acids is 1. The van der Waals surface area contributed by atoms with E-state index in [1.54, 1.807) is 35.7 Å². The van der Waals surface area contributed by atoms with Gasteiger partial charge in [0.15, 0.2) is 5.13 Å². The number of hydrogen-bond donors (Lipinski definition) is 1. The van der Waals surface area contributed by atoms with Crippen LogP contribution in [0.3, 0.4) is 0 Å². The molecule has 1 fully saturated rings. The summed E-state index contributed by atoms with van der Waals surface area (Å²) in [7, 11) is 0. The Morgan fingerprint density at radius 2 is 2.04 bits per heavy atom. The summed E-state index contributed by atoms with van der Waals surface area (Å²) in [5.74, 6) is -0.200. The fourth-order valence-electron chi connectivity index (χ4n) is 2.73. The van der Waals surface area contributed by atoms with Crippen molar-refractivity contribution in [3.05, 3.63) is 48.3 Å². The molecule has 1 saturated heterocycles. The summed E-state index contributed by atoms with van der Waals surface area (Å²) in [6.45, 7) is 2.17. The molecule has 0 bridgehead atoms. The molecule has 1 aromatic carbocycles. The summed E-state index contributed by atoms with van der Waals surface area (Å²) >= 11 is 1.68. The van der Waals surface area contributed by atoms with Crippen LogP contribution in [0.5, 0.6) is 0 Å². The third kappa shape index (κ3) is 2.90. The van der Waals surface area contributed by atoms with Gasteiger partial charge in [0.1, 0.15) is 5.69 Å². The van der Waals surface area contributed by atoms with E-state index in [0.29, 0.717) is 5.69 Å². The Kier molecular flexibility index (Phi) is 3.67. The molecular weight excluding hydrogens is 308 g/mol. The minimum absolute atomic E-state index is 0.200. The van der Waals surface area contributed by atoms with Gasteiger partial charge in [-0.3, -0.25) is 9.78 Å². The number of anilines is 2. The molecule has 5 nitrogen and oxygen atoms in total. The van der Waals surface area contributed by atoms with E-state index in [1.165, 1.54) is 12.8 Å². The van der Waals surface area contributed by atoms with Crippen LogP contribution < -0.4 is 10.2 Å². The van der Waals surface area contributed by atoms with Crippen LogP contribution in [0, 0.1) is 0 Å². The molecule has 0 aliphatic carbocycles. The highest BCUT2D eigenvalue weighted by Gasteiger charge is 2.16. The quantitative estimate of drug-likeness (QED) is 0.800. The van der Waals surface area contributed by atoms with E-state index in [2.05, 4.69) is 15.2 Å². The Balaban J connectivity index is 1.57. The molecule has 1 amide bonds. The number of amides is 1. The molecule has 2 aromatic heterocycles. The van der Waals surface area contributed by atoms with Crippen molar-refractivity contribution in [3.63, 3.8) is 0 Å². The SMILES string of the molecule is O=C(Nc1ccc2nc(N3CCCC3)sc2c1)c1ccccn1. The van der Waals surface area contributed by atoms with Crippen LogP contribution in [0.2, 0.25) is 0 Å². The molecule has 3 aromatic rings. The lowest BCUT2D eigenvalue weighted by molar-refractivity contribution is 0.102. The summed E-state index contributed by atoms with van der Waals surface area (Å²) in [5.41, 5.74) is 2.16. The largest absolute Gasteiger partial charge is 0.348 e. The number of pyridine rings is 1. The van der Waals surface area contributed by atoms with Gasteiger partial charge in [-0.05, 0) is 43.2 Å². The van der Waals surface area contributed by atoms with Crippen molar-refractivity contribution in [2.75, 3.05) is 23.3 Å².